The smallest absolute Gasteiger partial charge is 0.194 e. The molecule has 0 amide bonds. The molecular weight excluding hydrogens is 536 g/mol. The highest BCUT2D eigenvalue weighted by molar-refractivity contribution is 6.12. The Balaban J connectivity index is 1.64. The molecule has 0 unspecified atom stereocenters. The monoisotopic (exact) mass is 555 g/mol. The Labute approximate surface area is 230 Å². The standard InChI is InChI=1S/C34H19F6N/c35-27-11-19(12-28(36)33(27)39)23-9-17-5-1-3-7-21(17)31-25(23)15-41-16-26-24(20-13-29(37)34(40)30(38)14-20)10-18-6-2-4-8-22(18)32(26)31/h1-14,41H,15-16H2. The molecule has 41 heavy (non-hydrogen) atoms. The first-order valence-electron chi connectivity index (χ1n) is 12.9. The van der Waals surface area contributed by atoms with Crippen LogP contribution < -0.4 is 5.32 Å². The van der Waals surface area contributed by atoms with Gasteiger partial charge in [0.25, 0.3) is 0 Å². The zero-order valence-corrected chi connectivity index (χ0v) is 21.3. The van der Waals surface area contributed by atoms with Crippen molar-refractivity contribution in [2.45, 2.75) is 13.1 Å². The lowest BCUT2D eigenvalue weighted by Gasteiger charge is -2.21. The van der Waals surface area contributed by atoms with Gasteiger partial charge in [-0.2, -0.15) is 0 Å². The first-order chi connectivity index (χ1) is 19.8. The summed E-state index contributed by atoms with van der Waals surface area (Å²) in [6.07, 6.45) is 0. The van der Waals surface area contributed by atoms with Crippen LogP contribution in [-0.2, 0) is 13.1 Å². The third-order valence-electron chi connectivity index (χ3n) is 7.76. The molecule has 1 heterocycles. The number of hydrogen-bond donors (Lipinski definition) is 1. The van der Waals surface area contributed by atoms with Gasteiger partial charge in [0.15, 0.2) is 34.9 Å². The summed E-state index contributed by atoms with van der Waals surface area (Å²) >= 11 is 0. The molecule has 6 aromatic carbocycles. The third kappa shape index (κ3) is 3.99. The van der Waals surface area contributed by atoms with E-state index in [-0.39, 0.29) is 24.2 Å². The van der Waals surface area contributed by atoms with Gasteiger partial charge in [0, 0.05) is 13.1 Å². The van der Waals surface area contributed by atoms with Crippen molar-refractivity contribution in [2.24, 2.45) is 0 Å². The molecule has 0 saturated carbocycles. The van der Waals surface area contributed by atoms with Gasteiger partial charge in [0.05, 0.1) is 0 Å². The maximum absolute atomic E-state index is 14.4. The predicted octanol–water partition coefficient (Wildman–Crippen LogP) is 9.43. The Kier molecular flexibility index (Phi) is 5.87. The van der Waals surface area contributed by atoms with Gasteiger partial charge >= 0.3 is 0 Å². The zero-order valence-electron chi connectivity index (χ0n) is 21.3. The highest BCUT2D eigenvalue weighted by Crippen LogP contribution is 2.47. The summed E-state index contributed by atoms with van der Waals surface area (Å²) in [6.45, 7) is 0.565. The number of benzene rings is 6. The van der Waals surface area contributed by atoms with E-state index in [0.717, 1.165) is 68.1 Å². The van der Waals surface area contributed by atoms with Crippen LogP contribution in [0.15, 0.2) is 84.9 Å². The van der Waals surface area contributed by atoms with Gasteiger partial charge in [-0.3, -0.25) is 0 Å². The second-order valence-corrected chi connectivity index (χ2v) is 10.1. The lowest BCUT2D eigenvalue weighted by Crippen LogP contribution is -2.12. The minimum absolute atomic E-state index is 0.178. The van der Waals surface area contributed by atoms with E-state index >= 15 is 0 Å². The number of halogens is 6. The second-order valence-electron chi connectivity index (χ2n) is 10.1. The minimum atomic E-state index is -1.54. The van der Waals surface area contributed by atoms with E-state index < -0.39 is 34.9 Å². The molecule has 0 bridgehead atoms. The van der Waals surface area contributed by atoms with E-state index in [1.165, 1.54) is 0 Å². The van der Waals surface area contributed by atoms with E-state index in [2.05, 4.69) is 5.32 Å². The van der Waals surface area contributed by atoms with Crippen molar-refractivity contribution in [2.75, 3.05) is 0 Å². The van der Waals surface area contributed by atoms with E-state index in [9.17, 15) is 26.3 Å². The fraction of sp³-hybridized carbons (Fsp3) is 0.0588. The summed E-state index contributed by atoms with van der Waals surface area (Å²) in [7, 11) is 0. The van der Waals surface area contributed by atoms with Gasteiger partial charge in [-0.05, 0) is 102 Å². The van der Waals surface area contributed by atoms with Crippen molar-refractivity contribution in [1.82, 2.24) is 5.32 Å². The fourth-order valence-corrected chi connectivity index (χ4v) is 5.97. The van der Waals surface area contributed by atoms with E-state index in [1.54, 1.807) is 0 Å². The topological polar surface area (TPSA) is 12.0 Å². The molecule has 1 nitrogen and oxygen atoms in total. The molecule has 0 spiro atoms. The van der Waals surface area contributed by atoms with Crippen LogP contribution in [0.4, 0.5) is 26.3 Å². The SMILES string of the molecule is Fc1cc(-c2cc3ccccc3c3c2CNCc2c(-c4cc(F)c(F)c(F)c4)cc4ccccc4c2-3)cc(F)c1F. The molecule has 6 aromatic rings. The summed E-state index contributed by atoms with van der Waals surface area (Å²) < 4.78 is 85.5. The minimum Gasteiger partial charge on any atom is -0.309 e. The quantitative estimate of drug-likeness (QED) is 0.166. The molecular formula is C34H19F6N. The van der Waals surface area contributed by atoms with Crippen LogP contribution in [0.25, 0.3) is 54.9 Å². The molecule has 202 valence electrons. The zero-order chi connectivity index (χ0) is 28.4. The first-order valence-corrected chi connectivity index (χ1v) is 12.9. The van der Waals surface area contributed by atoms with Crippen LogP contribution in [0.2, 0.25) is 0 Å². The molecule has 7 rings (SSSR count). The van der Waals surface area contributed by atoms with Gasteiger partial charge in [-0.15, -0.1) is 0 Å². The molecule has 0 saturated heterocycles. The van der Waals surface area contributed by atoms with E-state index in [4.69, 9.17) is 0 Å². The summed E-state index contributed by atoms with van der Waals surface area (Å²) in [4.78, 5) is 0. The largest absolute Gasteiger partial charge is 0.309 e. The van der Waals surface area contributed by atoms with Crippen LogP contribution in [0, 0.1) is 34.9 Å². The Bertz CT molecular complexity index is 1860. The predicted molar refractivity (Wildman–Crippen MR) is 148 cm³/mol. The molecule has 1 aliphatic heterocycles. The van der Waals surface area contributed by atoms with Crippen molar-refractivity contribution in [3.63, 3.8) is 0 Å². The van der Waals surface area contributed by atoms with E-state index in [1.807, 2.05) is 60.7 Å². The van der Waals surface area contributed by atoms with E-state index in [0.29, 0.717) is 11.1 Å². The normalized spacial score (nSPS) is 12.8. The van der Waals surface area contributed by atoms with Gasteiger partial charge in [0.1, 0.15) is 0 Å². The van der Waals surface area contributed by atoms with Crippen LogP contribution in [0.3, 0.4) is 0 Å². The third-order valence-corrected chi connectivity index (χ3v) is 7.76. The van der Waals surface area contributed by atoms with Gasteiger partial charge < -0.3 is 5.32 Å². The van der Waals surface area contributed by atoms with Crippen molar-refractivity contribution >= 4 is 21.5 Å². The van der Waals surface area contributed by atoms with Crippen molar-refractivity contribution in [3.05, 3.63) is 131 Å². The molecule has 0 atom stereocenters. The highest BCUT2D eigenvalue weighted by atomic mass is 19.2. The maximum atomic E-state index is 14.4. The number of nitrogens with one attached hydrogen (secondary N) is 1. The molecule has 0 aliphatic carbocycles. The van der Waals surface area contributed by atoms with Gasteiger partial charge in [-0.1, -0.05) is 48.5 Å². The summed E-state index contributed by atoms with van der Waals surface area (Å²) in [5.74, 6) is -8.26. The number of fused-ring (bicyclic) bond motifs is 7. The Morgan fingerprint density at radius 1 is 0.463 bits per heavy atom. The van der Waals surface area contributed by atoms with Crippen molar-refractivity contribution < 1.29 is 26.3 Å². The first kappa shape index (κ1) is 25.4. The highest BCUT2D eigenvalue weighted by Gasteiger charge is 2.26. The average molecular weight is 556 g/mol. The molecule has 7 heteroatoms. The number of rotatable bonds is 2. The van der Waals surface area contributed by atoms with Crippen molar-refractivity contribution in [1.29, 1.82) is 0 Å². The molecule has 0 aromatic heterocycles. The fourth-order valence-electron chi connectivity index (χ4n) is 5.97. The van der Waals surface area contributed by atoms with Gasteiger partial charge in [-0.25, -0.2) is 26.3 Å². The number of hydrogen-bond acceptors (Lipinski definition) is 1. The second kappa shape index (κ2) is 9.49. The molecule has 0 fully saturated rings. The lowest BCUT2D eigenvalue weighted by molar-refractivity contribution is 0.447. The van der Waals surface area contributed by atoms with Crippen molar-refractivity contribution in [3.8, 4) is 33.4 Å². The Morgan fingerprint density at radius 2 is 0.829 bits per heavy atom. The Morgan fingerprint density at radius 3 is 1.22 bits per heavy atom. The summed E-state index contributed by atoms with van der Waals surface area (Å²) in [6, 6.07) is 22.7. The maximum Gasteiger partial charge on any atom is 0.194 e. The Hall–Kier alpha value is -4.62. The molecule has 1 N–H and O–H groups in total. The molecule has 0 radical (unpaired) electrons. The lowest BCUT2D eigenvalue weighted by atomic mass is 9.82. The van der Waals surface area contributed by atoms with Crippen LogP contribution >= 0.6 is 0 Å². The van der Waals surface area contributed by atoms with Crippen LogP contribution in [0.5, 0.6) is 0 Å². The summed E-state index contributed by atoms with van der Waals surface area (Å²) in [5, 5.41) is 6.66. The molecule has 1 aliphatic rings. The van der Waals surface area contributed by atoms with Crippen LogP contribution in [0.1, 0.15) is 11.1 Å². The average Bonchev–Trinajstić information content (AvgIpc) is 3.18. The van der Waals surface area contributed by atoms with Crippen LogP contribution in [-0.4, -0.2) is 0 Å². The summed E-state index contributed by atoms with van der Waals surface area (Å²) in [5.41, 5.74) is 4.41. The van der Waals surface area contributed by atoms with Gasteiger partial charge in [0.2, 0.25) is 0 Å².